The summed E-state index contributed by atoms with van der Waals surface area (Å²) in [5.74, 6) is 0.519. The molecule has 3 atom stereocenters. The summed E-state index contributed by atoms with van der Waals surface area (Å²) < 4.78 is 49.9. The van der Waals surface area contributed by atoms with E-state index in [2.05, 4.69) is 10.2 Å². The molecule has 0 aliphatic carbocycles. The maximum absolute atomic E-state index is 13.0. The van der Waals surface area contributed by atoms with E-state index in [1.807, 2.05) is 17.0 Å². The number of ether oxygens (including phenoxy) is 2. The Morgan fingerprint density at radius 2 is 1.86 bits per heavy atom. The zero-order valence-electron chi connectivity index (χ0n) is 19.5. The number of nitrogens with one attached hydrogen (secondary N) is 1. The average molecular weight is 494 g/mol. The smallest absolute Gasteiger partial charge is 0.416 e. The molecule has 0 unspecified atom stereocenters. The third kappa shape index (κ3) is 6.45. The van der Waals surface area contributed by atoms with E-state index < -0.39 is 30.0 Å². The van der Waals surface area contributed by atoms with Crippen molar-refractivity contribution in [1.29, 1.82) is 0 Å². The maximum atomic E-state index is 13.0. The van der Waals surface area contributed by atoms with Crippen molar-refractivity contribution in [1.82, 2.24) is 10.2 Å². The minimum Gasteiger partial charge on any atom is -0.497 e. The van der Waals surface area contributed by atoms with Gasteiger partial charge in [-0.3, -0.25) is 9.69 Å². The fourth-order valence-corrected chi connectivity index (χ4v) is 4.48. The standard InChI is InChI=1S/C25H30F3N3O4/c1-34-20-7-5-17(6-8-20)13-23(32)29-21-16-35-22(24(21)33)15-30-9-11-31(12-10-30)19-4-2-3-18(14-19)25(26,27)28/h2-8,14,21-22,24,33H,9-13,15-16H2,1H3,(H,29,32)/t21-,22-,24+/m0/s1. The lowest BCUT2D eigenvalue weighted by Gasteiger charge is -2.37. The molecule has 2 aliphatic heterocycles. The Morgan fingerprint density at radius 1 is 1.14 bits per heavy atom. The van der Waals surface area contributed by atoms with E-state index in [9.17, 15) is 23.1 Å². The van der Waals surface area contributed by atoms with Gasteiger partial charge in [-0.25, -0.2) is 0 Å². The van der Waals surface area contributed by atoms with Gasteiger partial charge in [-0.05, 0) is 35.9 Å². The van der Waals surface area contributed by atoms with Gasteiger partial charge in [0.05, 0.1) is 37.8 Å². The molecule has 2 heterocycles. The number of aliphatic hydroxyl groups excluding tert-OH is 1. The molecule has 190 valence electrons. The highest BCUT2D eigenvalue weighted by Crippen LogP contribution is 2.32. The Labute approximate surface area is 202 Å². The number of alkyl halides is 3. The maximum Gasteiger partial charge on any atom is 0.416 e. The topological polar surface area (TPSA) is 74.3 Å². The fraction of sp³-hybridized carbons (Fsp3) is 0.480. The number of amides is 1. The van der Waals surface area contributed by atoms with E-state index >= 15 is 0 Å². The predicted octanol–water partition coefficient (Wildman–Crippen LogP) is 2.32. The van der Waals surface area contributed by atoms with Crippen LogP contribution in [0, 0.1) is 0 Å². The number of piperazine rings is 1. The number of carbonyl (C=O) groups is 1. The molecule has 0 bridgehead atoms. The van der Waals surface area contributed by atoms with Crippen molar-refractivity contribution in [3.8, 4) is 5.75 Å². The summed E-state index contributed by atoms with van der Waals surface area (Å²) in [6.07, 6.45) is -5.46. The number of halogens is 3. The van der Waals surface area contributed by atoms with Crippen LogP contribution in [0.15, 0.2) is 48.5 Å². The van der Waals surface area contributed by atoms with Crippen molar-refractivity contribution in [3.63, 3.8) is 0 Å². The summed E-state index contributed by atoms with van der Waals surface area (Å²) in [5, 5.41) is 13.6. The van der Waals surface area contributed by atoms with Crippen molar-refractivity contribution >= 4 is 11.6 Å². The molecule has 2 saturated heterocycles. The monoisotopic (exact) mass is 493 g/mol. The molecule has 1 amide bonds. The first-order valence-electron chi connectivity index (χ1n) is 11.6. The fourth-order valence-electron chi connectivity index (χ4n) is 4.48. The zero-order valence-corrected chi connectivity index (χ0v) is 19.5. The van der Waals surface area contributed by atoms with Crippen molar-refractivity contribution < 1.29 is 32.5 Å². The number of nitrogens with zero attached hydrogens (tertiary/aromatic N) is 2. The molecule has 7 nitrogen and oxygen atoms in total. The van der Waals surface area contributed by atoms with E-state index in [-0.39, 0.29) is 18.9 Å². The molecule has 10 heteroatoms. The average Bonchev–Trinajstić information content (AvgIpc) is 3.18. The molecule has 2 N–H and O–H groups in total. The molecule has 0 spiro atoms. The van der Waals surface area contributed by atoms with Crippen molar-refractivity contribution in [2.45, 2.75) is 30.8 Å². The summed E-state index contributed by atoms with van der Waals surface area (Å²) in [6.45, 7) is 3.14. The van der Waals surface area contributed by atoms with Crippen LogP contribution in [0.3, 0.4) is 0 Å². The number of rotatable bonds is 7. The number of benzene rings is 2. The quantitative estimate of drug-likeness (QED) is 0.617. The number of aliphatic hydroxyl groups is 1. The first kappa shape index (κ1) is 25.3. The van der Waals surface area contributed by atoms with Crippen LogP contribution >= 0.6 is 0 Å². The number of methoxy groups -OCH3 is 1. The van der Waals surface area contributed by atoms with Gasteiger partial charge < -0.3 is 24.8 Å². The third-order valence-electron chi connectivity index (χ3n) is 6.50. The van der Waals surface area contributed by atoms with Gasteiger partial charge in [-0.2, -0.15) is 13.2 Å². The summed E-state index contributed by atoms with van der Waals surface area (Å²) in [6, 6.07) is 12.1. The lowest BCUT2D eigenvalue weighted by atomic mass is 10.1. The van der Waals surface area contributed by atoms with Gasteiger partial charge in [0.15, 0.2) is 0 Å². The SMILES string of the molecule is COc1ccc(CC(=O)N[C@H]2CO[C@@H](CN3CCN(c4cccc(C(F)(F)F)c4)CC3)[C@@H]2O)cc1. The summed E-state index contributed by atoms with van der Waals surface area (Å²) in [7, 11) is 1.58. The van der Waals surface area contributed by atoms with Crippen LogP contribution in [0.2, 0.25) is 0 Å². The Hall–Kier alpha value is -2.82. The number of carbonyl (C=O) groups excluding carboxylic acids is 1. The molecule has 2 aromatic carbocycles. The molecular formula is C25H30F3N3O4. The minimum absolute atomic E-state index is 0.190. The van der Waals surface area contributed by atoms with Gasteiger partial charge in [0, 0.05) is 38.4 Å². The largest absolute Gasteiger partial charge is 0.497 e. The summed E-state index contributed by atoms with van der Waals surface area (Å²) in [5.41, 5.74) is 0.739. The molecule has 2 aromatic rings. The highest BCUT2D eigenvalue weighted by molar-refractivity contribution is 5.79. The molecule has 0 saturated carbocycles. The van der Waals surface area contributed by atoms with Gasteiger partial charge in [-0.15, -0.1) is 0 Å². The van der Waals surface area contributed by atoms with Crippen LogP contribution in [0.25, 0.3) is 0 Å². The number of anilines is 1. The highest BCUT2D eigenvalue weighted by atomic mass is 19.4. The van der Waals surface area contributed by atoms with Crippen molar-refractivity contribution in [2.75, 3.05) is 51.3 Å². The molecule has 4 rings (SSSR count). The van der Waals surface area contributed by atoms with Crippen LogP contribution < -0.4 is 15.0 Å². The lowest BCUT2D eigenvalue weighted by molar-refractivity contribution is -0.137. The van der Waals surface area contributed by atoms with Gasteiger partial charge in [0.2, 0.25) is 5.91 Å². The lowest BCUT2D eigenvalue weighted by Crippen LogP contribution is -2.51. The Balaban J connectivity index is 1.23. The van der Waals surface area contributed by atoms with Gasteiger partial charge in [-0.1, -0.05) is 18.2 Å². The first-order valence-corrected chi connectivity index (χ1v) is 11.6. The van der Waals surface area contributed by atoms with E-state index in [1.165, 1.54) is 12.1 Å². The van der Waals surface area contributed by atoms with E-state index in [0.717, 1.165) is 11.6 Å². The predicted molar refractivity (Wildman–Crippen MR) is 124 cm³/mol. The summed E-state index contributed by atoms with van der Waals surface area (Å²) in [4.78, 5) is 16.5. The van der Waals surface area contributed by atoms with E-state index in [1.54, 1.807) is 25.3 Å². The minimum atomic E-state index is -4.37. The van der Waals surface area contributed by atoms with Gasteiger partial charge in [0.25, 0.3) is 0 Å². The van der Waals surface area contributed by atoms with Gasteiger partial charge in [0.1, 0.15) is 11.9 Å². The van der Waals surface area contributed by atoms with Crippen molar-refractivity contribution in [3.05, 3.63) is 59.7 Å². The Kier molecular flexibility index (Phi) is 7.83. The molecular weight excluding hydrogens is 463 g/mol. The first-order chi connectivity index (χ1) is 16.7. The molecule has 35 heavy (non-hydrogen) atoms. The highest BCUT2D eigenvalue weighted by Gasteiger charge is 2.38. The van der Waals surface area contributed by atoms with Crippen LogP contribution in [-0.2, 0) is 22.1 Å². The van der Waals surface area contributed by atoms with Gasteiger partial charge >= 0.3 is 6.18 Å². The van der Waals surface area contributed by atoms with E-state index in [4.69, 9.17) is 9.47 Å². The Morgan fingerprint density at radius 3 is 2.51 bits per heavy atom. The normalized spacial score (nSPS) is 23.3. The van der Waals surface area contributed by atoms with Crippen LogP contribution in [-0.4, -0.2) is 80.6 Å². The zero-order chi connectivity index (χ0) is 25.0. The second-order valence-electron chi connectivity index (χ2n) is 8.90. The number of hydrogen-bond donors (Lipinski definition) is 2. The summed E-state index contributed by atoms with van der Waals surface area (Å²) >= 11 is 0. The number of hydrogen-bond acceptors (Lipinski definition) is 6. The van der Waals surface area contributed by atoms with Crippen LogP contribution in [0.4, 0.5) is 18.9 Å². The molecule has 0 radical (unpaired) electrons. The molecule has 2 fully saturated rings. The van der Waals surface area contributed by atoms with Crippen molar-refractivity contribution in [2.24, 2.45) is 0 Å². The third-order valence-corrected chi connectivity index (χ3v) is 6.50. The van der Waals surface area contributed by atoms with Crippen LogP contribution in [0.5, 0.6) is 5.75 Å². The molecule has 0 aromatic heterocycles. The second-order valence-corrected chi connectivity index (χ2v) is 8.90. The molecule has 2 aliphatic rings. The van der Waals surface area contributed by atoms with Crippen LogP contribution in [0.1, 0.15) is 11.1 Å². The Bertz CT molecular complexity index is 994. The van der Waals surface area contributed by atoms with E-state index in [0.29, 0.717) is 44.2 Å². The second kappa shape index (κ2) is 10.8.